The van der Waals surface area contributed by atoms with E-state index in [2.05, 4.69) is 29.8 Å². The van der Waals surface area contributed by atoms with Gasteiger partial charge in [-0.2, -0.15) is 0 Å². The van der Waals surface area contributed by atoms with Gasteiger partial charge in [0, 0.05) is 23.0 Å². The van der Waals surface area contributed by atoms with Gasteiger partial charge in [-0.25, -0.2) is 0 Å². The molecule has 20 heavy (non-hydrogen) atoms. The van der Waals surface area contributed by atoms with Crippen molar-refractivity contribution in [3.05, 3.63) is 54.1 Å². The molecule has 1 aliphatic rings. The Morgan fingerprint density at radius 1 is 1.05 bits per heavy atom. The van der Waals surface area contributed by atoms with Crippen molar-refractivity contribution in [2.75, 3.05) is 6.26 Å². The van der Waals surface area contributed by atoms with Crippen molar-refractivity contribution in [1.82, 2.24) is 5.32 Å². The molecule has 3 heteroatoms. The molecule has 1 saturated carbocycles. The quantitative estimate of drug-likeness (QED) is 0.792. The van der Waals surface area contributed by atoms with Gasteiger partial charge in [0.25, 0.3) is 0 Å². The average molecular weight is 285 g/mol. The monoisotopic (exact) mass is 285 g/mol. The third kappa shape index (κ3) is 3.35. The van der Waals surface area contributed by atoms with E-state index in [1.807, 2.05) is 30.3 Å². The van der Waals surface area contributed by atoms with Gasteiger partial charge in [0.1, 0.15) is 11.5 Å². The van der Waals surface area contributed by atoms with E-state index in [1.54, 1.807) is 11.8 Å². The van der Waals surface area contributed by atoms with Crippen LogP contribution in [0.5, 0.6) is 11.5 Å². The molecule has 1 fully saturated rings. The topological polar surface area (TPSA) is 21.3 Å². The van der Waals surface area contributed by atoms with Gasteiger partial charge < -0.3 is 10.1 Å². The Morgan fingerprint density at radius 2 is 1.75 bits per heavy atom. The van der Waals surface area contributed by atoms with Crippen LogP contribution in [0.25, 0.3) is 0 Å². The summed E-state index contributed by atoms with van der Waals surface area (Å²) in [5, 5.41) is 3.54. The molecule has 2 nitrogen and oxygen atoms in total. The standard InChI is InChI=1S/C17H19NOS/c1-20-17-9-5-4-8-16(17)19-15-7-3-2-6-13(15)12-18-14-10-11-14/h2-9,14,18H,10-12H2,1H3. The number of hydrogen-bond acceptors (Lipinski definition) is 3. The lowest BCUT2D eigenvalue weighted by Gasteiger charge is -2.13. The first-order valence-corrected chi connectivity index (χ1v) is 8.21. The second kappa shape index (κ2) is 6.33. The minimum absolute atomic E-state index is 0.710. The number of nitrogens with one attached hydrogen (secondary N) is 1. The van der Waals surface area contributed by atoms with Crippen molar-refractivity contribution < 1.29 is 4.74 Å². The number of hydrogen-bond donors (Lipinski definition) is 1. The minimum Gasteiger partial charge on any atom is -0.456 e. The number of benzene rings is 2. The third-order valence-corrected chi connectivity index (χ3v) is 4.20. The maximum Gasteiger partial charge on any atom is 0.140 e. The van der Waals surface area contributed by atoms with Crippen LogP contribution in [0, 0.1) is 0 Å². The fourth-order valence-electron chi connectivity index (χ4n) is 2.11. The molecule has 0 aromatic heterocycles. The fourth-order valence-corrected chi connectivity index (χ4v) is 2.64. The number of thioether (sulfide) groups is 1. The van der Waals surface area contributed by atoms with Gasteiger partial charge in [-0.15, -0.1) is 11.8 Å². The van der Waals surface area contributed by atoms with Gasteiger partial charge in [-0.1, -0.05) is 30.3 Å². The molecule has 3 rings (SSSR count). The minimum atomic E-state index is 0.710. The van der Waals surface area contributed by atoms with Gasteiger partial charge >= 0.3 is 0 Å². The van der Waals surface area contributed by atoms with E-state index in [0.717, 1.165) is 22.9 Å². The molecule has 2 aromatic rings. The maximum absolute atomic E-state index is 6.12. The summed E-state index contributed by atoms with van der Waals surface area (Å²) >= 11 is 1.71. The first kappa shape index (κ1) is 13.5. The van der Waals surface area contributed by atoms with Crippen LogP contribution in [-0.2, 0) is 6.54 Å². The molecular formula is C17H19NOS. The van der Waals surface area contributed by atoms with Gasteiger partial charge in [0.2, 0.25) is 0 Å². The SMILES string of the molecule is CSc1ccccc1Oc1ccccc1CNC1CC1. The van der Waals surface area contributed by atoms with Crippen LogP contribution in [0.2, 0.25) is 0 Å². The maximum atomic E-state index is 6.12. The van der Waals surface area contributed by atoms with Crippen LogP contribution in [0.3, 0.4) is 0 Å². The van der Waals surface area contributed by atoms with Crippen molar-refractivity contribution >= 4 is 11.8 Å². The van der Waals surface area contributed by atoms with Crippen LogP contribution in [-0.4, -0.2) is 12.3 Å². The molecule has 0 radical (unpaired) electrons. The van der Waals surface area contributed by atoms with Crippen LogP contribution in [0.15, 0.2) is 53.4 Å². The van der Waals surface area contributed by atoms with Gasteiger partial charge in [-0.3, -0.25) is 0 Å². The molecule has 0 aliphatic heterocycles. The zero-order valence-electron chi connectivity index (χ0n) is 11.6. The molecule has 0 atom stereocenters. The van der Waals surface area contributed by atoms with Crippen LogP contribution in [0.1, 0.15) is 18.4 Å². The number of para-hydroxylation sites is 2. The predicted molar refractivity (Wildman–Crippen MR) is 84.6 cm³/mol. The van der Waals surface area contributed by atoms with E-state index >= 15 is 0 Å². The lowest BCUT2D eigenvalue weighted by atomic mass is 10.2. The van der Waals surface area contributed by atoms with Crippen LogP contribution >= 0.6 is 11.8 Å². The van der Waals surface area contributed by atoms with Crippen molar-refractivity contribution in [2.45, 2.75) is 30.3 Å². The normalized spacial score (nSPS) is 14.2. The lowest BCUT2D eigenvalue weighted by molar-refractivity contribution is 0.462. The molecule has 2 aromatic carbocycles. The van der Waals surface area contributed by atoms with E-state index in [1.165, 1.54) is 18.4 Å². The van der Waals surface area contributed by atoms with Gasteiger partial charge in [0.05, 0.1) is 0 Å². The van der Waals surface area contributed by atoms with Crippen molar-refractivity contribution in [1.29, 1.82) is 0 Å². The average Bonchev–Trinajstić information content (AvgIpc) is 3.31. The molecule has 1 aliphatic carbocycles. The first-order valence-electron chi connectivity index (χ1n) is 6.99. The summed E-state index contributed by atoms with van der Waals surface area (Å²) < 4.78 is 6.12. The molecule has 0 unspecified atom stereocenters. The zero-order chi connectivity index (χ0) is 13.8. The van der Waals surface area contributed by atoms with E-state index in [9.17, 15) is 0 Å². The summed E-state index contributed by atoms with van der Waals surface area (Å²) in [4.78, 5) is 1.16. The van der Waals surface area contributed by atoms with Crippen molar-refractivity contribution in [3.63, 3.8) is 0 Å². The van der Waals surface area contributed by atoms with Crippen molar-refractivity contribution in [3.8, 4) is 11.5 Å². The van der Waals surface area contributed by atoms with E-state index < -0.39 is 0 Å². The van der Waals surface area contributed by atoms with Crippen LogP contribution in [0.4, 0.5) is 0 Å². The summed E-state index contributed by atoms with van der Waals surface area (Å²) in [6.07, 6.45) is 4.68. The van der Waals surface area contributed by atoms with Crippen LogP contribution < -0.4 is 10.1 Å². The highest BCUT2D eigenvalue weighted by Crippen LogP contribution is 2.33. The van der Waals surface area contributed by atoms with E-state index in [0.29, 0.717) is 6.04 Å². The summed E-state index contributed by atoms with van der Waals surface area (Å²) in [5.41, 5.74) is 1.22. The number of ether oxygens (including phenoxy) is 1. The molecule has 0 amide bonds. The summed E-state index contributed by atoms with van der Waals surface area (Å²) in [6.45, 7) is 0.877. The Labute approximate surface area is 124 Å². The Balaban J connectivity index is 1.78. The molecule has 0 bridgehead atoms. The zero-order valence-corrected chi connectivity index (χ0v) is 12.5. The molecule has 0 spiro atoms. The van der Waals surface area contributed by atoms with Crippen molar-refractivity contribution in [2.24, 2.45) is 0 Å². The smallest absolute Gasteiger partial charge is 0.140 e. The predicted octanol–water partition coefficient (Wildman–Crippen LogP) is 4.45. The Morgan fingerprint density at radius 3 is 2.50 bits per heavy atom. The highest BCUT2D eigenvalue weighted by Gasteiger charge is 2.20. The Bertz CT molecular complexity index is 581. The third-order valence-electron chi connectivity index (χ3n) is 3.42. The molecule has 1 N–H and O–H groups in total. The lowest BCUT2D eigenvalue weighted by Crippen LogP contribution is -2.15. The molecule has 0 saturated heterocycles. The number of rotatable bonds is 6. The van der Waals surface area contributed by atoms with Gasteiger partial charge in [0.15, 0.2) is 0 Å². The van der Waals surface area contributed by atoms with E-state index in [-0.39, 0.29) is 0 Å². The Kier molecular flexibility index (Phi) is 4.28. The summed E-state index contributed by atoms with van der Waals surface area (Å²) in [5.74, 6) is 1.88. The highest BCUT2D eigenvalue weighted by atomic mass is 32.2. The molecular weight excluding hydrogens is 266 g/mol. The summed E-state index contributed by atoms with van der Waals surface area (Å²) in [6, 6.07) is 17.1. The Hall–Kier alpha value is -1.45. The van der Waals surface area contributed by atoms with Gasteiger partial charge in [-0.05, 0) is 37.3 Å². The second-order valence-electron chi connectivity index (χ2n) is 5.02. The highest BCUT2D eigenvalue weighted by molar-refractivity contribution is 7.98. The largest absolute Gasteiger partial charge is 0.456 e. The second-order valence-corrected chi connectivity index (χ2v) is 5.86. The summed E-state index contributed by atoms with van der Waals surface area (Å²) in [7, 11) is 0. The molecule has 104 valence electrons. The van der Waals surface area contributed by atoms with E-state index in [4.69, 9.17) is 4.74 Å². The first-order chi connectivity index (χ1) is 9.86. The molecule has 0 heterocycles. The fraction of sp³-hybridized carbons (Fsp3) is 0.294.